The molecule has 85 valence electrons. The van der Waals surface area contributed by atoms with E-state index < -0.39 is 14.8 Å². The first-order chi connectivity index (χ1) is 6.60. The summed E-state index contributed by atoms with van der Waals surface area (Å²) in [6, 6.07) is 0. The zero-order valence-electron chi connectivity index (χ0n) is 9.17. The summed E-state index contributed by atoms with van der Waals surface area (Å²) in [5, 5.41) is 12.9. The zero-order valence-corrected chi connectivity index (χ0v) is 12.3. The molecular weight excluding hydrogens is 326 g/mol. The van der Waals surface area contributed by atoms with Gasteiger partial charge in [-0.1, -0.05) is 37.9 Å². The van der Waals surface area contributed by atoms with Crippen molar-refractivity contribution in [3.8, 4) is 0 Å². The Hall–Kier alpha value is 0.290. The van der Waals surface area contributed by atoms with Crippen LogP contribution in [0.5, 0.6) is 0 Å². The van der Waals surface area contributed by atoms with Gasteiger partial charge >= 0.3 is 0 Å². The summed E-state index contributed by atoms with van der Waals surface area (Å²) in [5.41, 5.74) is -0.828. The van der Waals surface area contributed by atoms with E-state index in [1.165, 1.54) is 0 Å². The van der Waals surface area contributed by atoms with Gasteiger partial charge in [-0.05, 0) is 27.7 Å². The third-order valence-electron chi connectivity index (χ3n) is 2.65. The monoisotopic (exact) mass is 338 g/mol. The van der Waals surface area contributed by atoms with Crippen LogP contribution >= 0.6 is 31.9 Å². The predicted octanol–water partition coefficient (Wildman–Crippen LogP) is 2.82. The molecule has 0 aliphatic carbocycles. The quantitative estimate of drug-likeness (QED) is 0.726. The third kappa shape index (κ3) is 2.20. The molecule has 3 nitrogen and oxygen atoms in total. The highest BCUT2D eigenvalue weighted by Crippen LogP contribution is 2.40. The molecule has 1 heterocycles. The van der Waals surface area contributed by atoms with E-state index in [-0.39, 0.29) is 5.78 Å². The number of hydrogen-bond donors (Lipinski definition) is 0. The lowest BCUT2D eigenvalue weighted by atomic mass is 9.94. The van der Waals surface area contributed by atoms with Crippen LogP contribution in [-0.2, 0) is 10.0 Å². The fourth-order valence-corrected chi connectivity index (χ4v) is 2.40. The van der Waals surface area contributed by atoms with Crippen molar-refractivity contribution < 1.29 is 10.0 Å². The Kier molecular flexibility index (Phi) is 3.51. The van der Waals surface area contributed by atoms with Crippen LogP contribution in [0.25, 0.3) is 0 Å². The number of rotatable bonds is 2. The van der Waals surface area contributed by atoms with Crippen LogP contribution in [0.2, 0.25) is 0 Å². The molecule has 1 radical (unpaired) electrons. The van der Waals surface area contributed by atoms with Gasteiger partial charge in [-0.3, -0.25) is 4.79 Å². The molecule has 15 heavy (non-hydrogen) atoms. The molecule has 0 aromatic carbocycles. The average molecular weight is 340 g/mol. The van der Waals surface area contributed by atoms with Gasteiger partial charge < -0.3 is 0 Å². The maximum Gasteiger partial charge on any atom is 0.184 e. The second-order valence-electron chi connectivity index (χ2n) is 4.73. The fourth-order valence-electron chi connectivity index (χ4n) is 1.91. The summed E-state index contributed by atoms with van der Waals surface area (Å²) in [5.74, 6) is -0.0913. The van der Waals surface area contributed by atoms with Gasteiger partial charge in [0, 0.05) is 5.57 Å². The summed E-state index contributed by atoms with van der Waals surface area (Å²) < 4.78 is -0.433. The standard InChI is InChI=1S/C10H14Br2NO2/c1-9(2)5-6(7(14)8(11)12)10(3,4)13(9)15/h5,8H,1-4H3. The molecule has 0 aromatic rings. The molecule has 0 N–H and O–H groups in total. The van der Waals surface area contributed by atoms with Gasteiger partial charge in [-0.2, -0.15) is 0 Å². The molecule has 0 saturated carbocycles. The van der Waals surface area contributed by atoms with E-state index in [0.717, 1.165) is 5.06 Å². The summed E-state index contributed by atoms with van der Waals surface area (Å²) in [6.45, 7) is 7.14. The number of hydrogen-bond acceptors (Lipinski definition) is 2. The number of alkyl halides is 2. The van der Waals surface area contributed by atoms with Crippen molar-refractivity contribution in [3.63, 3.8) is 0 Å². The highest BCUT2D eigenvalue weighted by atomic mass is 79.9. The van der Waals surface area contributed by atoms with Crippen molar-refractivity contribution in [2.45, 2.75) is 42.5 Å². The van der Waals surface area contributed by atoms with Crippen molar-refractivity contribution in [3.05, 3.63) is 11.6 Å². The lowest BCUT2D eigenvalue weighted by Gasteiger charge is -2.33. The van der Waals surface area contributed by atoms with Crippen molar-refractivity contribution >= 4 is 37.6 Å². The minimum absolute atomic E-state index is 0.0913. The number of halogens is 2. The normalized spacial score (nSPS) is 24.4. The molecule has 0 atom stereocenters. The SMILES string of the molecule is CC1(C)C=C(C(=O)C(Br)Br)C(C)(C)N1[O]. The van der Waals surface area contributed by atoms with Crippen molar-refractivity contribution in [2.24, 2.45) is 0 Å². The molecule has 5 heteroatoms. The molecule has 0 bridgehead atoms. The highest BCUT2D eigenvalue weighted by molar-refractivity contribution is 9.25. The smallest absolute Gasteiger partial charge is 0.184 e. The van der Waals surface area contributed by atoms with Gasteiger partial charge in [-0.25, -0.2) is 0 Å². The van der Waals surface area contributed by atoms with Crippen LogP contribution in [0.4, 0.5) is 0 Å². The minimum atomic E-state index is -0.764. The fraction of sp³-hybridized carbons (Fsp3) is 0.700. The number of nitrogens with zero attached hydrogens (tertiary/aromatic N) is 1. The van der Waals surface area contributed by atoms with Gasteiger partial charge in [-0.15, -0.1) is 10.3 Å². The van der Waals surface area contributed by atoms with Gasteiger partial charge in [0.05, 0.1) is 11.1 Å². The van der Waals surface area contributed by atoms with Crippen LogP contribution in [0, 0.1) is 0 Å². The zero-order chi connectivity index (χ0) is 12.0. The Morgan fingerprint density at radius 3 is 2.07 bits per heavy atom. The summed E-state index contributed by atoms with van der Waals surface area (Å²) >= 11 is 6.33. The molecule has 1 rings (SSSR count). The second-order valence-corrected chi connectivity index (χ2v) is 7.79. The number of carbonyl (C=O) groups is 1. The van der Waals surface area contributed by atoms with E-state index >= 15 is 0 Å². The lowest BCUT2D eigenvalue weighted by Crippen LogP contribution is -2.47. The van der Waals surface area contributed by atoms with E-state index in [2.05, 4.69) is 31.9 Å². The van der Waals surface area contributed by atoms with Crippen LogP contribution in [-0.4, -0.2) is 25.7 Å². The van der Waals surface area contributed by atoms with Gasteiger partial charge in [0.2, 0.25) is 0 Å². The molecule has 0 fully saturated rings. The topological polar surface area (TPSA) is 40.2 Å². The van der Waals surface area contributed by atoms with Gasteiger partial charge in [0.25, 0.3) is 0 Å². The van der Waals surface area contributed by atoms with E-state index in [9.17, 15) is 10.0 Å². The lowest BCUT2D eigenvalue weighted by molar-refractivity contribution is -0.238. The molecule has 1 aliphatic heterocycles. The predicted molar refractivity (Wildman–Crippen MR) is 65.4 cm³/mol. The Labute approximate surface area is 107 Å². The third-order valence-corrected chi connectivity index (χ3v) is 3.48. The maximum absolute atomic E-state index is 12.0. The maximum atomic E-state index is 12.0. The molecule has 0 unspecified atom stereocenters. The average Bonchev–Trinajstić information content (AvgIpc) is 2.25. The molecule has 0 saturated heterocycles. The number of carbonyl (C=O) groups excluding carboxylic acids is 1. The number of hydroxylamine groups is 2. The van der Waals surface area contributed by atoms with Crippen LogP contribution in [0.15, 0.2) is 11.6 Å². The number of Topliss-reactive ketones (excluding diaryl/α,β-unsaturated/α-hetero) is 1. The summed E-state index contributed by atoms with van der Waals surface area (Å²) in [4.78, 5) is 11.9. The van der Waals surface area contributed by atoms with E-state index in [1.807, 2.05) is 0 Å². The Bertz CT molecular complexity index is 321. The first-order valence-corrected chi connectivity index (χ1v) is 6.47. The number of ketones is 1. The van der Waals surface area contributed by atoms with Gasteiger partial charge in [0.1, 0.15) is 3.74 Å². The highest BCUT2D eigenvalue weighted by Gasteiger charge is 2.49. The Balaban J connectivity index is 3.15. The molecule has 0 aromatic heterocycles. The molecule has 0 spiro atoms. The Morgan fingerprint density at radius 2 is 1.80 bits per heavy atom. The molecule has 1 aliphatic rings. The van der Waals surface area contributed by atoms with Crippen LogP contribution in [0.3, 0.4) is 0 Å². The van der Waals surface area contributed by atoms with E-state index in [0.29, 0.717) is 5.57 Å². The van der Waals surface area contributed by atoms with E-state index in [1.54, 1.807) is 33.8 Å². The molecular formula is C10H14Br2NO2. The van der Waals surface area contributed by atoms with Crippen molar-refractivity contribution in [1.29, 1.82) is 0 Å². The first-order valence-electron chi connectivity index (χ1n) is 4.64. The minimum Gasteiger partial charge on any atom is -0.292 e. The first kappa shape index (κ1) is 13.4. The summed E-state index contributed by atoms with van der Waals surface area (Å²) in [6.07, 6.45) is 1.75. The largest absolute Gasteiger partial charge is 0.292 e. The molecule has 0 amide bonds. The Morgan fingerprint density at radius 1 is 1.33 bits per heavy atom. The van der Waals surface area contributed by atoms with Gasteiger partial charge in [0.15, 0.2) is 5.78 Å². The summed E-state index contributed by atoms with van der Waals surface area (Å²) in [7, 11) is 0. The van der Waals surface area contributed by atoms with Crippen LogP contribution < -0.4 is 0 Å². The van der Waals surface area contributed by atoms with Crippen molar-refractivity contribution in [2.75, 3.05) is 0 Å². The van der Waals surface area contributed by atoms with Crippen molar-refractivity contribution in [1.82, 2.24) is 5.06 Å². The van der Waals surface area contributed by atoms with E-state index in [4.69, 9.17) is 0 Å². The second kappa shape index (κ2) is 3.95. The van der Waals surface area contributed by atoms with Crippen LogP contribution in [0.1, 0.15) is 27.7 Å².